The van der Waals surface area contributed by atoms with E-state index in [2.05, 4.69) is 10.5 Å². The molecule has 0 atom stereocenters. The molecule has 0 aliphatic carbocycles. The highest BCUT2D eigenvalue weighted by atomic mass is 35.5. The Labute approximate surface area is 87.0 Å². The van der Waals surface area contributed by atoms with E-state index in [9.17, 15) is 0 Å². The largest absolute Gasteiger partial charge is 0.355 e. The van der Waals surface area contributed by atoms with Crippen molar-refractivity contribution in [2.45, 2.75) is 6.42 Å². The number of nitrogens with one attached hydrogen (secondary N) is 1. The van der Waals surface area contributed by atoms with Crippen molar-refractivity contribution in [2.24, 2.45) is 0 Å². The molecule has 0 aliphatic rings. The minimum absolute atomic E-state index is 0.431. The number of aromatic nitrogens is 1. The zero-order valence-corrected chi connectivity index (χ0v) is 8.64. The van der Waals surface area contributed by atoms with Gasteiger partial charge in [-0.25, -0.2) is 0 Å². The molecule has 0 saturated heterocycles. The van der Waals surface area contributed by atoms with Gasteiger partial charge in [0.1, 0.15) is 0 Å². The van der Waals surface area contributed by atoms with Crippen LogP contribution in [0.2, 0.25) is 5.15 Å². The monoisotopic (exact) mass is 210 g/mol. The average molecular weight is 211 g/mol. The van der Waals surface area contributed by atoms with E-state index in [0.29, 0.717) is 5.15 Å². The van der Waals surface area contributed by atoms with Gasteiger partial charge in [-0.3, -0.25) is 0 Å². The topological polar surface area (TPSA) is 38.1 Å². The predicted molar refractivity (Wildman–Crippen MR) is 56.6 cm³/mol. The second-order valence-corrected chi connectivity index (χ2v) is 3.52. The molecule has 1 N–H and O–H groups in total. The summed E-state index contributed by atoms with van der Waals surface area (Å²) in [6.07, 6.45) is 0.977. The molecule has 0 amide bonds. The molecule has 0 saturated carbocycles. The number of hydrogen-bond donors (Lipinski definition) is 1. The van der Waals surface area contributed by atoms with Crippen LogP contribution in [0, 0.1) is 0 Å². The van der Waals surface area contributed by atoms with Crippen LogP contribution in [0.4, 0.5) is 0 Å². The molecule has 1 aromatic heterocycles. The standard InChI is InChI=1S/C10H11ClN2O/c1-12-5-4-7-2-3-8-9(6-7)14-13-10(8)11/h2-3,6,12H,4-5H2,1H3. The van der Waals surface area contributed by atoms with Crippen LogP contribution in [0.1, 0.15) is 5.56 Å². The van der Waals surface area contributed by atoms with Crippen LogP contribution in [0.3, 0.4) is 0 Å². The minimum Gasteiger partial charge on any atom is -0.355 e. The molecule has 14 heavy (non-hydrogen) atoms. The lowest BCUT2D eigenvalue weighted by atomic mass is 10.1. The van der Waals surface area contributed by atoms with E-state index in [4.69, 9.17) is 16.1 Å². The third kappa shape index (κ3) is 1.74. The maximum atomic E-state index is 5.81. The van der Waals surface area contributed by atoms with E-state index >= 15 is 0 Å². The van der Waals surface area contributed by atoms with Crippen molar-refractivity contribution < 1.29 is 4.52 Å². The Morgan fingerprint density at radius 3 is 3.14 bits per heavy atom. The molecule has 0 spiro atoms. The first-order chi connectivity index (χ1) is 6.81. The van der Waals surface area contributed by atoms with Crippen LogP contribution in [0.25, 0.3) is 11.0 Å². The molecule has 0 fully saturated rings. The van der Waals surface area contributed by atoms with Gasteiger partial charge in [0.2, 0.25) is 0 Å². The third-order valence-electron chi connectivity index (χ3n) is 2.16. The first-order valence-corrected chi connectivity index (χ1v) is 4.87. The lowest BCUT2D eigenvalue weighted by Gasteiger charge is -1.99. The van der Waals surface area contributed by atoms with E-state index in [-0.39, 0.29) is 0 Å². The molecule has 2 rings (SSSR count). The van der Waals surface area contributed by atoms with Gasteiger partial charge in [0.15, 0.2) is 10.7 Å². The molecule has 1 aromatic carbocycles. The van der Waals surface area contributed by atoms with E-state index in [1.807, 2.05) is 25.2 Å². The van der Waals surface area contributed by atoms with Crippen molar-refractivity contribution >= 4 is 22.6 Å². The molecule has 0 unspecified atom stereocenters. The number of halogens is 1. The second kappa shape index (κ2) is 3.98. The van der Waals surface area contributed by atoms with Crippen molar-refractivity contribution in [3.8, 4) is 0 Å². The van der Waals surface area contributed by atoms with E-state index in [1.54, 1.807) is 0 Å². The van der Waals surface area contributed by atoms with Gasteiger partial charge in [-0.05, 0) is 37.7 Å². The van der Waals surface area contributed by atoms with E-state index in [1.165, 1.54) is 5.56 Å². The summed E-state index contributed by atoms with van der Waals surface area (Å²) in [5, 5.41) is 8.09. The molecule has 74 valence electrons. The fourth-order valence-electron chi connectivity index (χ4n) is 1.38. The molecular formula is C10H11ClN2O. The third-order valence-corrected chi connectivity index (χ3v) is 2.43. The highest BCUT2D eigenvalue weighted by Crippen LogP contribution is 2.23. The summed E-state index contributed by atoms with van der Waals surface area (Å²) in [7, 11) is 1.93. The predicted octanol–water partition coefficient (Wildman–Crippen LogP) is 2.24. The van der Waals surface area contributed by atoms with Gasteiger partial charge in [-0.15, -0.1) is 0 Å². The fraction of sp³-hybridized carbons (Fsp3) is 0.300. The second-order valence-electron chi connectivity index (χ2n) is 3.16. The number of hydrogen-bond acceptors (Lipinski definition) is 3. The maximum absolute atomic E-state index is 5.81. The van der Waals surface area contributed by atoms with Crippen molar-refractivity contribution in [3.05, 3.63) is 28.9 Å². The van der Waals surface area contributed by atoms with Gasteiger partial charge < -0.3 is 9.84 Å². The lowest BCUT2D eigenvalue weighted by Crippen LogP contribution is -2.10. The summed E-state index contributed by atoms with van der Waals surface area (Å²) < 4.78 is 5.07. The summed E-state index contributed by atoms with van der Waals surface area (Å²) >= 11 is 5.81. The van der Waals surface area contributed by atoms with Crippen molar-refractivity contribution in [2.75, 3.05) is 13.6 Å². The van der Waals surface area contributed by atoms with Crippen molar-refractivity contribution in [3.63, 3.8) is 0 Å². The molecule has 4 heteroatoms. The zero-order chi connectivity index (χ0) is 9.97. The highest BCUT2D eigenvalue weighted by Gasteiger charge is 2.05. The molecule has 2 aromatic rings. The Bertz CT molecular complexity index is 439. The molecule has 0 aliphatic heterocycles. The number of rotatable bonds is 3. The Hall–Kier alpha value is -1.06. The Morgan fingerprint density at radius 2 is 2.36 bits per heavy atom. The maximum Gasteiger partial charge on any atom is 0.179 e. The van der Waals surface area contributed by atoms with Crippen LogP contribution < -0.4 is 5.32 Å². The lowest BCUT2D eigenvalue weighted by molar-refractivity contribution is 0.456. The van der Waals surface area contributed by atoms with Gasteiger partial charge >= 0.3 is 0 Å². The summed E-state index contributed by atoms with van der Waals surface area (Å²) in [6, 6.07) is 5.97. The zero-order valence-electron chi connectivity index (χ0n) is 7.88. The summed E-state index contributed by atoms with van der Waals surface area (Å²) in [6.45, 7) is 0.952. The van der Waals surface area contributed by atoms with Crippen LogP contribution in [0.15, 0.2) is 22.7 Å². The first-order valence-electron chi connectivity index (χ1n) is 4.49. The van der Waals surface area contributed by atoms with Crippen LogP contribution in [0.5, 0.6) is 0 Å². The first kappa shape index (κ1) is 9.49. The van der Waals surface area contributed by atoms with Crippen LogP contribution >= 0.6 is 11.6 Å². The van der Waals surface area contributed by atoms with Crippen molar-refractivity contribution in [1.82, 2.24) is 10.5 Å². The number of fused-ring (bicyclic) bond motifs is 1. The normalized spacial score (nSPS) is 11.0. The van der Waals surface area contributed by atoms with E-state index < -0.39 is 0 Å². The molecule has 0 radical (unpaired) electrons. The smallest absolute Gasteiger partial charge is 0.179 e. The summed E-state index contributed by atoms with van der Waals surface area (Å²) in [4.78, 5) is 0. The Kier molecular flexibility index (Phi) is 2.70. The Morgan fingerprint density at radius 1 is 1.50 bits per heavy atom. The van der Waals surface area contributed by atoms with Gasteiger partial charge in [-0.2, -0.15) is 0 Å². The van der Waals surface area contributed by atoms with Gasteiger partial charge in [0.25, 0.3) is 0 Å². The van der Waals surface area contributed by atoms with Gasteiger partial charge in [0, 0.05) is 0 Å². The van der Waals surface area contributed by atoms with Gasteiger partial charge in [-0.1, -0.05) is 22.8 Å². The highest BCUT2D eigenvalue weighted by molar-refractivity contribution is 6.34. The fourth-order valence-corrected chi connectivity index (χ4v) is 1.57. The van der Waals surface area contributed by atoms with Crippen LogP contribution in [-0.4, -0.2) is 18.7 Å². The van der Waals surface area contributed by atoms with Crippen LogP contribution in [-0.2, 0) is 6.42 Å². The van der Waals surface area contributed by atoms with E-state index in [0.717, 1.165) is 23.9 Å². The van der Waals surface area contributed by atoms with Gasteiger partial charge in [0.05, 0.1) is 5.39 Å². The number of benzene rings is 1. The molecule has 1 heterocycles. The summed E-state index contributed by atoms with van der Waals surface area (Å²) in [5.41, 5.74) is 1.98. The number of likely N-dealkylation sites (N-methyl/N-ethyl adjacent to an activating group) is 1. The minimum atomic E-state index is 0.431. The SMILES string of the molecule is CNCCc1ccc2c(Cl)noc2c1. The quantitative estimate of drug-likeness (QED) is 0.845. The van der Waals surface area contributed by atoms with Crippen molar-refractivity contribution in [1.29, 1.82) is 0 Å². The molecule has 0 bridgehead atoms. The number of nitrogens with zero attached hydrogens (tertiary/aromatic N) is 1. The average Bonchev–Trinajstić information content (AvgIpc) is 2.57. The Balaban J connectivity index is 2.32. The summed E-state index contributed by atoms with van der Waals surface area (Å²) in [5.74, 6) is 0. The molecular weight excluding hydrogens is 200 g/mol. The molecule has 3 nitrogen and oxygen atoms in total.